The van der Waals surface area contributed by atoms with Gasteiger partial charge in [-0.2, -0.15) is 0 Å². The monoisotopic (exact) mass is 302 g/mol. The molecule has 0 aliphatic carbocycles. The standard InChI is InChI=1S/C14H17ClF2N2O/c15-11-6-10(16)7-12(17)14(11)19-13(20)4-3-9-2-1-5-18-8-9/h6-7,9,18H,1-5,8H2,(H,19,20). The number of piperidine rings is 1. The summed E-state index contributed by atoms with van der Waals surface area (Å²) in [4.78, 5) is 11.8. The van der Waals surface area contributed by atoms with Crippen LogP contribution < -0.4 is 10.6 Å². The van der Waals surface area contributed by atoms with Crippen molar-refractivity contribution in [1.29, 1.82) is 0 Å². The second-order valence-electron chi connectivity index (χ2n) is 5.04. The van der Waals surface area contributed by atoms with E-state index in [0.29, 0.717) is 18.4 Å². The van der Waals surface area contributed by atoms with E-state index >= 15 is 0 Å². The van der Waals surface area contributed by atoms with Crippen LogP contribution in [0.25, 0.3) is 0 Å². The zero-order valence-corrected chi connectivity index (χ0v) is 11.8. The molecule has 1 heterocycles. The van der Waals surface area contributed by atoms with E-state index in [1.807, 2.05) is 0 Å². The average molecular weight is 303 g/mol. The molecular weight excluding hydrogens is 286 g/mol. The highest BCUT2D eigenvalue weighted by molar-refractivity contribution is 6.33. The van der Waals surface area contributed by atoms with Gasteiger partial charge in [-0.3, -0.25) is 4.79 Å². The number of rotatable bonds is 4. The molecule has 0 bridgehead atoms. The largest absolute Gasteiger partial charge is 0.322 e. The molecule has 2 rings (SSSR count). The van der Waals surface area contributed by atoms with Crippen LogP contribution in [-0.4, -0.2) is 19.0 Å². The summed E-state index contributed by atoms with van der Waals surface area (Å²) < 4.78 is 26.4. The lowest BCUT2D eigenvalue weighted by Gasteiger charge is -2.22. The lowest BCUT2D eigenvalue weighted by atomic mass is 9.94. The third-order valence-corrected chi connectivity index (χ3v) is 3.75. The third kappa shape index (κ3) is 4.15. The maximum Gasteiger partial charge on any atom is 0.224 e. The van der Waals surface area contributed by atoms with Crippen molar-refractivity contribution in [2.45, 2.75) is 25.7 Å². The Morgan fingerprint density at radius 2 is 2.25 bits per heavy atom. The molecule has 1 fully saturated rings. The van der Waals surface area contributed by atoms with E-state index in [2.05, 4.69) is 10.6 Å². The third-order valence-electron chi connectivity index (χ3n) is 3.45. The number of hydrogen-bond acceptors (Lipinski definition) is 2. The molecule has 0 saturated carbocycles. The minimum Gasteiger partial charge on any atom is -0.322 e. The number of anilines is 1. The Labute approximate surface area is 121 Å². The maximum atomic E-state index is 13.5. The number of hydrogen-bond donors (Lipinski definition) is 2. The van der Waals surface area contributed by atoms with Crippen LogP contribution in [0, 0.1) is 17.6 Å². The first-order valence-electron chi connectivity index (χ1n) is 6.71. The number of benzene rings is 1. The Hall–Kier alpha value is -1.20. The van der Waals surface area contributed by atoms with Crippen LogP contribution in [0.1, 0.15) is 25.7 Å². The molecule has 1 unspecified atom stereocenters. The fourth-order valence-electron chi connectivity index (χ4n) is 2.37. The molecule has 3 nitrogen and oxygen atoms in total. The Morgan fingerprint density at radius 3 is 2.90 bits per heavy atom. The number of carbonyl (C=O) groups is 1. The topological polar surface area (TPSA) is 41.1 Å². The van der Waals surface area contributed by atoms with Gasteiger partial charge in [0.05, 0.1) is 10.7 Å². The molecule has 2 N–H and O–H groups in total. The van der Waals surface area contributed by atoms with Crippen LogP contribution in [0.4, 0.5) is 14.5 Å². The van der Waals surface area contributed by atoms with Gasteiger partial charge in [0.2, 0.25) is 5.91 Å². The molecule has 1 aliphatic rings. The number of halogens is 3. The molecule has 1 amide bonds. The quantitative estimate of drug-likeness (QED) is 0.895. The molecule has 1 aromatic carbocycles. The van der Waals surface area contributed by atoms with E-state index < -0.39 is 11.6 Å². The molecule has 0 aromatic heterocycles. The SMILES string of the molecule is O=C(CCC1CCCNC1)Nc1c(F)cc(F)cc1Cl. The molecule has 0 radical (unpaired) electrons. The van der Waals surface area contributed by atoms with Crippen LogP contribution in [0.3, 0.4) is 0 Å². The zero-order chi connectivity index (χ0) is 14.5. The van der Waals surface area contributed by atoms with Gasteiger partial charge in [-0.15, -0.1) is 0 Å². The van der Waals surface area contributed by atoms with Crippen LogP contribution in [0.2, 0.25) is 5.02 Å². The summed E-state index contributed by atoms with van der Waals surface area (Å²) in [7, 11) is 0. The molecule has 20 heavy (non-hydrogen) atoms. The van der Waals surface area contributed by atoms with Gasteiger partial charge in [-0.05, 0) is 44.3 Å². The van der Waals surface area contributed by atoms with Crippen LogP contribution >= 0.6 is 11.6 Å². The van der Waals surface area contributed by atoms with Crippen LogP contribution in [-0.2, 0) is 4.79 Å². The Morgan fingerprint density at radius 1 is 1.45 bits per heavy atom. The van der Waals surface area contributed by atoms with Crippen molar-refractivity contribution in [1.82, 2.24) is 5.32 Å². The molecular formula is C14H17ClF2N2O. The molecule has 1 aliphatic heterocycles. The van der Waals surface area contributed by atoms with E-state index in [-0.39, 0.29) is 16.6 Å². The normalized spacial score (nSPS) is 18.9. The second kappa shape index (κ2) is 6.99. The van der Waals surface area contributed by atoms with E-state index in [1.54, 1.807) is 0 Å². The molecule has 0 spiro atoms. The van der Waals surface area contributed by atoms with E-state index in [9.17, 15) is 13.6 Å². The highest BCUT2D eigenvalue weighted by atomic mass is 35.5. The van der Waals surface area contributed by atoms with Crippen molar-refractivity contribution in [3.8, 4) is 0 Å². The summed E-state index contributed by atoms with van der Waals surface area (Å²) in [5.41, 5.74) is -0.153. The van der Waals surface area contributed by atoms with Crippen molar-refractivity contribution < 1.29 is 13.6 Å². The first kappa shape index (κ1) is 15.2. The van der Waals surface area contributed by atoms with Crippen molar-refractivity contribution >= 4 is 23.2 Å². The van der Waals surface area contributed by atoms with Crippen LogP contribution in [0.5, 0.6) is 0 Å². The van der Waals surface area contributed by atoms with Crippen LogP contribution in [0.15, 0.2) is 12.1 Å². The minimum absolute atomic E-state index is 0.129. The van der Waals surface area contributed by atoms with Gasteiger partial charge in [-0.1, -0.05) is 11.6 Å². The number of carbonyl (C=O) groups excluding carboxylic acids is 1. The second-order valence-corrected chi connectivity index (χ2v) is 5.45. The average Bonchev–Trinajstić information content (AvgIpc) is 2.42. The summed E-state index contributed by atoms with van der Waals surface area (Å²) in [6, 6.07) is 1.68. The lowest BCUT2D eigenvalue weighted by molar-refractivity contribution is -0.116. The van der Waals surface area contributed by atoms with Gasteiger partial charge in [0, 0.05) is 12.5 Å². The first-order chi connectivity index (χ1) is 9.56. The molecule has 110 valence electrons. The molecule has 1 saturated heterocycles. The zero-order valence-electron chi connectivity index (χ0n) is 11.0. The summed E-state index contributed by atoms with van der Waals surface area (Å²) >= 11 is 5.72. The Kier molecular flexibility index (Phi) is 5.31. The number of nitrogens with one attached hydrogen (secondary N) is 2. The van der Waals surface area contributed by atoms with E-state index in [1.165, 1.54) is 0 Å². The molecule has 1 atom stereocenters. The fourth-order valence-corrected chi connectivity index (χ4v) is 2.61. The van der Waals surface area contributed by atoms with Crippen molar-refractivity contribution in [3.63, 3.8) is 0 Å². The maximum absolute atomic E-state index is 13.5. The smallest absolute Gasteiger partial charge is 0.224 e. The minimum atomic E-state index is -0.859. The summed E-state index contributed by atoms with van der Waals surface area (Å²) in [5.74, 6) is -1.45. The van der Waals surface area contributed by atoms with Gasteiger partial charge in [0.1, 0.15) is 5.82 Å². The lowest BCUT2D eigenvalue weighted by Crippen LogP contribution is -2.30. The van der Waals surface area contributed by atoms with Gasteiger partial charge in [0.25, 0.3) is 0 Å². The predicted octanol–water partition coefficient (Wildman–Crippen LogP) is 3.34. The Balaban J connectivity index is 1.88. The molecule has 1 aromatic rings. The van der Waals surface area contributed by atoms with Gasteiger partial charge < -0.3 is 10.6 Å². The van der Waals surface area contributed by atoms with Gasteiger partial charge in [0.15, 0.2) is 5.82 Å². The van der Waals surface area contributed by atoms with Crippen molar-refractivity contribution in [3.05, 3.63) is 28.8 Å². The highest BCUT2D eigenvalue weighted by Gasteiger charge is 2.16. The summed E-state index contributed by atoms with van der Waals surface area (Å²) in [6.45, 7) is 1.94. The van der Waals surface area contributed by atoms with E-state index in [4.69, 9.17) is 11.6 Å². The van der Waals surface area contributed by atoms with Gasteiger partial charge >= 0.3 is 0 Å². The first-order valence-corrected chi connectivity index (χ1v) is 7.09. The van der Waals surface area contributed by atoms with Crippen molar-refractivity contribution in [2.24, 2.45) is 5.92 Å². The molecule has 6 heteroatoms. The highest BCUT2D eigenvalue weighted by Crippen LogP contribution is 2.26. The van der Waals surface area contributed by atoms with Crippen molar-refractivity contribution in [2.75, 3.05) is 18.4 Å². The Bertz CT molecular complexity index is 467. The predicted molar refractivity (Wildman–Crippen MR) is 74.8 cm³/mol. The van der Waals surface area contributed by atoms with Gasteiger partial charge in [-0.25, -0.2) is 8.78 Å². The summed E-state index contributed by atoms with van der Waals surface area (Å²) in [6.07, 6.45) is 3.27. The number of amides is 1. The fraction of sp³-hybridized carbons (Fsp3) is 0.500. The summed E-state index contributed by atoms with van der Waals surface area (Å²) in [5, 5.41) is 5.56. The van der Waals surface area contributed by atoms with E-state index in [0.717, 1.165) is 38.4 Å².